The first-order valence-electron chi connectivity index (χ1n) is 8.21. The Labute approximate surface area is 145 Å². The number of nitrogens with one attached hydrogen (secondary N) is 2. The van der Waals surface area contributed by atoms with Gasteiger partial charge in [0.2, 0.25) is 11.8 Å². The Bertz CT molecular complexity index is 484. The maximum absolute atomic E-state index is 11.5. The highest BCUT2D eigenvalue weighted by molar-refractivity contribution is 5.88. The van der Waals surface area contributed by atoms with Crippen LogP contribution in [-0.4, -0.2) is 24.9 Å². The van der Waals surface area contributed by atoms with E-state index in [2.05, 4.69) is 15.4 Å². The van der Waals surface area contributed by atoms with Crippen molar-refractivity contribution >= 4 is 23.5 Å². The van der Waals surface area contributed by atoms with Gasteiger partial charge in [0.05, 0.1) is 13.5 Å². The Morgan fingerprint density at radius 2 is 1.50 bits per heavy atom. The van der Waals surface area contributed by atoms with Crippen molar-refractivity contribution in [2.45, 2.75) is 54.0 Å². The van der Waals surface area contributed by atoms with Gasteiger partial charge in [-0.2, -0.15) is 0 Å². The largest absolute Gasteiger partial charge is 0.469 e. The summed E-state index contributed by atoms with van der Waals surface area (Å²) >= 11 is 0. The summed E-state index contributed by atoms with van der Waals surface area (Å²) < 4.78 is 4.45. The van der Waals surface area contributed by atoms with Crippen LogP contribution in [0.1, 0.15) is 53.0 Å². The van der Waals surface area contributed by atoms with Gasteiger partial charge in [0.1, 0.15) is 0 Å². The monoisotopic (exact) mass is 338 g/mol. The van der Waals surface area contributed by atoms with Gasteiger partial charge in [-0.05, 0) is 17.7 Å². The lowest BCUT2D eigenvalue weighted by molar-refractivity contribution is -0.142. The molecule has 0 fully saturated rings. The maximum Gasteiger partial charge on any atom is 0.306 e. The number of carbonyl (C=O) groups excluding carboxylic acids is 3. The zero-order valence-corrected chi connectivity index (χ0v) is 15.6. The summed E-state index contributed by atoms with van der Waals surface area (Å²) in [6.07, 6.45) is 0.181. The molecule has 0 saturated carbocycles. The molecule has 0 radical (unpaired) electrons. The van der Waals surface area contributed by atoms with Crippen molar-refractivity contribution in [1.82, 2.24) is 5.32 Å². The van der Waals surface area contributed by atoms with E-state index in [0.717, 1.165) is 5.56 Å². The van der Waals surface area contributed by atoms with Crippen molar-refractivity contribution in [3.05, 3.63) is 29.8 Å². The van der Waals surface area contributed by atoms with Crippen LogP contribution in [-0.2, 0) is 25.7 Å². The molecule has 1 rings (SSSR count). The molecular weight excluding hydrogens is 308 g/mol. The third-order valence-electron chi connectivity index (χ3n) is 2.55. The summed E-state index contributed by atoms with van der Waals surface area (Å²) in [4.78, 5) is 33.2. The van der Waals surface area contributed by atoms with Crippen molar-refractivity contribution in [2.24, 2.45) is 0 Å². The summed E-state index contributed by atoms with van der Waals surface area (Å²) in [6.45, 7) is 9.82. The van der Waals surface area contributed by atoms with Crippen molar-refractivity contribution in [2.75, 3.05) is 12.4 Å². The van der Waals surface area contributed by atoms with Gasteiger partial charge in [-0.3, -0.25) is 14.4 Å². The molecule has 0 unspecified atom stereocenters. The van der Waals surface area contributed by atoms with Crippen LogP contribution in [0.3, 0.4) is 0 Å². The predicted molar refractivity (Wildman–Crippen MR) is 96.5 cm³/mol. The molecule has 0 bridgehead atoms. The minimum Gasteiger partial charge on any atom is -0.469 e. The number of carbonyl (C=O) groups is 3. The second kappa shape index (κ2) is 15.5. The summed E-state index contributed by atoms with van der Waals surface area (Å²) in [6, 6.07) is 7.15. The van der Waals surface area contributed by atoms with E-state index in [1.807, 2.05) is 39.8 Å². The first-order valence-corrected chi connectivity index (χ1v) is 8.21. The SMILES string of the molecule is CC.CC.COC(=O)CCC(=O)NCc1ccc(NC(C)=O)cc1. The molecule has 0 aliphatic carbocycles. The molecule has 6 nitrogen and oxygen atoms in total. The van der Waals surface area contributed by atoms with E-state index < -0.39 is 5.97 Å². The first-order chi connectivity index (χ1) is 11.5. The molecule has 0 heterocycles. The van der Waals surface area contributed by atoms with Crippen LogP contribution in [0.25, 0.3) is 0 Å². The molecule has 2 amide bonds. The Hall–Kier alpha value is -2.37. The molecular formula is C18H30N2O4. The molecule has 0 aliphatic heterocycles. The van der Waals surface area contributed by atoms with Crippen molar-refractivity contribution in [3.63, 3.8) is 0 Å². The molecule has 2 N–H and O–H groups in total. The molecule has 1 aromatic carbocycles. The third kappa shape index (κ3) is 12.2. The lowest BCUT2D eigenvalue weighted by atomic mass is 10.2. The second-order valence-corrected chi connectivity index (χ2v) is 4.23. The Morgan fingerprint density at radius 1 is 0.958 bits per heavy atom. The number of hydrogen-bond acceptors (Lipinski definition) is 4. The van der Waals surface area contributed by atoms with Crippen molar-refractivity contribution in [1.29, 1.82) is 0 Å². The summed E-state index contributed by atoms with van der Waals surface area (Å²) in [5.74, 6) is -0.741. The van der Waals surface area contributed by atoms with E-state index in [1.165, 1.54) is 14.0 Å². The number of anilines is 1. The van der Waals surface area contributed by atoms with Crippen LogP contribution in [0.4, 0.5) is 5.69 Å². The lowest BCUT2D eigenvalue weighted by Crippen LogP contribution is -2.23. The van der Waals surface area contributed by atoms with Crippen LogP contribution in [0.2, 0.25) is 0 Å². The Kier molecular flexibility index (Phi) is 15.5. The van der Waals surface area contributed by atoms with E-state index in [4.69, 9.17) is 0 Å². The van der Waals surface area contributed by atoms with Crippen LogP contribution in [0.5, 0.6) is 0 Å². The molecule has 24 heavy (non-hydrogen) atoms. The number of rotatable bonds is 6. The number of benzene rings is 1. The number of ether oxygens (including phenoxy) is 1. The molecule has 0 aliphatic rings. The Balaban J connectivity index is 0. The van der Waals surface area contributed by atoms with E-state index in [0.29, 0.717) is 12.2 Å². The molecule has 0 aromatic heterocycles. The van der Waals surface area contributed by atoms with Crippen LogP contribution in [0, 0.1) is 0 Å². The highest BCUT2D eigenvalue weighted by Gasteiger charge is 2.06. The minimum absolute atomic E-state index is 0.0732. The Morgan fingerprint density at radius 3 is 1.96 bits per heavy atom. The summed E-state index contributed by atoms with van der Waals surface area (Å²) in [5, 5.41) is 5.36. The van der Waals surface area contributed by atoms with Crippen LogP contribution < -0.4 is 10.6 Å². The first kappa shape index (κ1) is 23.9. The zero-order valence-electron chi connectivity index (χ0n) is 15.6. The normalized spacial score (nSPS) is 8.58. The molecule has 0 saturated heterocycles. The van der Waals surface area contributed by atoms with Crippen molar-refractivity contribution < 1.29 is 19.1 Å². The number of hydrogen-bond donors (Lipinski definition) is 2. The smallest absolute Gasteiger partial charge is 0.306 e. The average Bonchev–Trinajstić information content (AvgIpc) is 2.62. The molecule has 136 valence electrons. The lowest BCUT2D eigenvalue weighted by Gasteiger charge is -2.06. The zero-order chi connectivity index (χ0) is 19.0. The highest BCUT2D eigenvalue weighted by atomic mass is 16.5. The molecule has 0 spiro atoms. The highest BCUT2D eigenvalue weighted by Crippen LogP contribution is 2.09. The van der Waals surface area contributed by atoms with Crippen molar-refractivity contribution in [3.8, 4) is 0 Å². The maximum atomic E-state index is 11.5. The van der Waals surface area contributed by atoms with Gasteiger partial charge in [0, 0.05) is 25.6 Å². The number of esters is 1. The predicted octanol–water partition coefficient (Wildman–Crippen LogP) is 3.27. The number of amides is 2. The van der Waals surface area contributed by atoms with E-state index in [9.17, 15) is 14.4 Å². The third-order valence-corrected chi connectivity index (χ3v) is 2.55. The van der Waals surface area contributed by atoms with Gasteiger partial charge in [-0.25, -0.2) is 0 Å². The van der Waals surface area contributed by atoms with Crippen LogP contribution in [0.15, 0.2) is 24.3 Å². The average molecular weight is 338 g/mol. The van der Waals surface area contributed by atoms with Gasteiger partial charge in [-0.15, -0.1) is 0 Å². The fourth-order valence-corrected chi connectivity index (χ4v) is 1.52. The fourth-order valence-electron chi connectivity index (χ4n) is 1.52. The fraction of sp³-hybridized carbons (Fsp3) is 0.500. The molecule has 6 heteroatoms. The number of methoxy groups -OCH3 is 1. The van der Waals surface area contributed by atoms with E-state index in [-0.39, 0.29) is 24.7 Å². The van der Waals surface area contributed by atoms with Gasteiger partial charge in [0.25, 0.3) is 0 Å². The standard InChI is InChI=1S/C14H18N2O4.2C2H6/c1-10(17)16-12-5-3-11(4-6-12)9-15-13(18)7-8-14(19)20-2;2*1-2/h3-6H,7-9H2,1-2H3,(H,15,18)(H,16,17);2*1-2H3. The van der Waals surface area contributed by atoms with Crippen LogP contribution >= 0.6 is 0 Å². The van der Waals surface area contributed by atoms with Gasteiger partial charge in [-0.1, -0.05) is 39.8 Å². The molecule has 0 atom stereocenters. The second-order valence-electron chi connectivity index (χ2n) is 4.23. The molecule has 1 aromatic rings. The minimum atomic E-state index is -0.403. The van der Waals surface area contributed by atoms with Gasteiger partial charge in [0.15, 0.2) is 0 Å². The van der Waals surface area contributed by atoms with Gasteiger partial charge < -0.3 is 15.4 Å². The van der Waals surface area contributed by atoms with E-state index in [1.54, 1.807) is 12.1 Å². The quantitative estimate of drug-likeness (QED) is 0.780. The topological polar surface area (TPSA) is 84.5 Å². The van der Waals surface area contributed by atoms with E-state index >= 15 is 0 Å². The summed E-state index contributed by atoms with van der Waals surface area (Å²) in [7, 11) is 1.29. The summed E-state index contributed by atoms with van der Waals surface area (Å²) in [5.41, 5.74) is 1.61. The van der Waals surface area contributed by atoms with Gasteiger partial charge >= 0.3 is 5.97 Å².